The topological polar surface area (TPSA) is 85.1 Å². The number of thioether (sulfide) groups is 1. The summed E-state index contributed by atoms with van der Waals surface area (Å²) in [4.78, 5) is 23.1. The van der Waals surface area contributed by atoms with Gasteiger partial charge in [-0.2, -0.15) is 0 Å². The molecule has 1 amide bonds. The second kappa shape index (κ2) is 7.61. The van der Waals surface area contributed by atoms with Crippen LogP contribution in [0.3, 0.4) is 0 Å². The van der Waals surface area contributed by atoms with E-state index in [0.29, 0.717) is 16.7 Å². The van der Waals surface area contributed by atoms with E-state index >= 15 is 0 Å². The van der Waals surface area contributed by atoms with Crippen LogP contribution in [0.5, 0.6) is 0 Å². The van der Waals surface area contributed by atoms with Crippen LogP contribution in [0.25, 0.3) is 0 Å². The lowest BCUT2D eigenvalue weighted by molar-refractivity contribution is -0.114. The number of carbonyl (C=O) groups is 2. The van der Waals surface area contributed by atoms with Crippen LogP contribution in [-0.2, 0) is 16.8 Å². The summed E-state index contributed by atoms with van der Waals surface area (Å²) in [5.41, 5.74) is 1.80. The molecule has 0 bridgehead atoms. The number of nitrogens with zero attached hydrogens (tertiary/aromatic N) is 2. The number of nitrogens with one attached hydrogen (secondary N) is 1. The lowest BCUT2D eigenvalue weighted by atomic mass is 9.87. The van der Waals surface area contributed by atoms with Gasteiger partial charge in [0.15, 0.2) is 0 Å². The number of amides is 1. The monoisotopic (exact) mass is 347 g/mol. The Balaban J connectivity index is 1.90. The Morgan fingerprint density at radius 3 is 2.42 bits per heavy atom. The maximum absolute atomic E-state index is 12.1. The van der Waals surface area contributed by atoms with Crippen molar-refractivity contribution in [3.63, 3.8) is 0 Å². The first-order valence-corrected chi connectivity index (χ1v) is 8.57. The average molecular weight is 347 g/mol. The summed E-state index contributed by atoms with van der Waals surface area (Å²) >= 11 is 1.18. The van der Waals surface area contributed by atoms with Crippen LogP contribution < -0.4 is 5.32 Å². The first kappa shape index (κ1) is 18.2. The minimum absolute atomic E-state index is 0.0340. The second-order valence-corrected chi connectivity index (χ2v) is 7.39. The molecule has 2 rings (SSSR count). The Morgan fingerprint density at radius 2 is 1.83 bits per heavy atom. The van der Waals surface area contributed by atoms with Gasteiger partial charge < -0.3 is 9.73 Å². The molecule has 0 aliphatic carbocycles. The molecule has 6 nitrogen and oxygen atoms in total. The number of hydrogen-bond acceptors (Lipinski definition) is 6. The minimum atomic E-state index is -0.202. The fourth-order valence-electron chi connectivity index (χ4n) is 1.91. The third kappa shape index (κ3) is 5.19. The van der Waals surface area contributed by atoms with E-state index in [2.05, 4.69) is 36.3 Å². The van der Waals surface area contributed by atoms with Crippen LogP contribution in [0, 0.1) is 0 Å². The van der Waals surface area contributed by atoms with Gasteiger partial charge in [-0.25, -0.2) is 0 Å². The van der Waals surface area contributed by atoms with Gasteiger partial charge in [0.2, 0.25) is 5.89 Å². The minimum Gasteiger partial charge on any atom is -0.414 e. The molecule has 1 aromatic carbocycles. The van der Waals surface area contributed by atoms with E-state index < -0.39 is 0 Å². The molecule has 2 aromatic rings. The summed E-state index contributed by atoms with van der Waals surface area (Å²) in [5, 5.41) is 10.7. The molecule has 0 fully saturated rings. The van der Waals surface area contributed by atoms with Crippen molar-refractivity contribution in [3.8, 4) is 0 Å². The van der Waals surface area contributed by atoms with Gasteiger partial charge in [-0.05, 0) is 30.0 Å². The number of ketones is 1. The van der Waals surface area contributed by atoms with Crippen LogP contribution in [0.2, 0.25) is 0 Å². The molecule has 0 radical (unpaired) electrons. The van der Waals surface area contributed by atoms with Gasteiger partial charge in [0.1, 0.15) is 5.78 Å². The highest BCUT2D eigenvalue weighted by Crippen LogP contribution is 2.22. The van der Waals surface area contributed by atoms with Crippen molar-refractivity contribution in [2.75, 3.05) is 5.75 Å². The van der Waals surface area contributed by atoms with Crippen LogP contribution in [0.15, 0.2) is 33.9 Å². The average Bonchev–Trinajstić information content (AvgIpc) is 2.98. The molecule has 1 N–H and O–H groups in total. The molecule has 0 aliphatic heterocycles. The van der Waals surface area contributed by atoms with Crippen molar-refractivity contribution in [2.24, 2.45) is 0 Å². The molecule has 0 atom stereocenters. The van der Waals surface area contributed by atoms with Crippen molar-refractivity contribution < 1.29 is 14.0 Å². The SMILES string of the molecule is CC(=O)CSc1nnc(CNC(=O)c2ccc(C(C)(C)C)cc2)o1. The highest BCUT2D eigenvalue weighted by molar-refractivity contribution is 7.99. The standard InChI is InChI=1S/C17H21N3O3S/c1-11(21)10-24-16-20-19-14(23-16)9-18-15(22)12-5-7-13(8-6-12)17(2,3)4/h5-8H,9-10H2,1-4H3,(H,18,22). The fraction of sp³-hybridized carbons (Fsp3) is 0.412. The van der Waals surface area contributed by atoms with Gasteiger partial charge in [-0.15, -0.1) is 10.2 Å². The van der Waals surface area contributed by atoms with E-state index in [-0.39, 0.29) is 29.4 Å². The molecule has 0 aliphatic rings. The molecule has 0 saturated heterocycles. The highest BCUT2D eigenvalue weighted by atomic mass is 32.2. The molecule has 1 aromatic heterocycles. The number of carbonyl (C=O) groups excluding carboxylic acids is 2. The molecule has 1 heterocycles. The lowest BCUT2D eigenvalue weighted by Gasteiger charge is -2.18. The van der Waals surface area contributed by atoms with Crippen LogP contribution in [0.1, 0.15) is 49.5 Å². The quantitative estimate of drug-likeness (QED) is 0.809. The number of hydrogen-bond donors (Lipinski definition) is 1. The molecule has 0 unspecified atom stereocenters. The molecule has 24 heavy (non-hydrogen) atoms. The second-order valence-electron chi connectivity index (χ2n) is 6.46. The summed E-state index contributed by atoms with van der Waals surface area (Å²) in [7, 11) is 0. The van der Waals surface area contributed by atoms with Crippen LogP contribution >= 0.6 is 11.8 Å². The van der Waals surface area contributed by atoms with Gasteiger partial charge in [0.05, 0.1) is 12.3 Å². The Hall–Kier alpha value is -2.15. The van der Waals surface area contributed by atoms with E-state index in [4.69, 9.17) is 4.42 Å². The summed E-state index contributed by atoms with van der Waals surface area (Å²) in [5.74, 6) is 0.424. The molecule has 7 heteroatoms. The Bertz CT molecular complexity index is 717. The van der Waals surface area contributed by atoms with Gasteiger partial charge in [0.25, 0.3) is 11.1 Å². The van der Waals surface area contributed by atoms with Gasteiger partial charge in [-0.3, -0.25) is 9.59 Å². The van der Waals surface area contributed by atoms with Crippen LogP contribution in [0.4, 0.5) is 0 Å². The smallest absolute Gasteiger partial charge is 0.277 e. The van der Waals surface area contributed by atoms with Gasteiger partial charge in [-0.1, -0.05) is 44.7 Å². The number of rotatable bonds is 6. The number of Topliss-reactive ketones (excluding diaryl/α,β-unsaturated/α-hetero) is 1. The first-order valence-electron chi connectivity index (χ1n) is 7.59. The third-order valence-corrected chi connectivity index (χ3v) is 4.22. The summed E-state index contributed by atoms with van der Waals surface area (Å²) in [6, 6.07) is 7.52. The Morgan fingerprint density at radius 1 is 1.17 bits per heavy atom. The lowest BCUT2D eigenvalue weighted by Crippen LogP contribution is -2.23. The maximum Gasteiger partial charge on any atom is 0.277 e. The summed E-state index contributed by atoms with van der Waals surface area (Å²) < 4.78 is 5.36. The molecule has 0 saturated carbocycles. The predicted molar refractivity (Wildman–Crippen MR) is 92.0 cm³/mol. The van der Waals surface area contributed by atoms with Crippen molar-refractivity contribution in [2.45, 2.75) is 44.9 Å². The summed E-state index contributed by atoms with van der Waals surface area (Å²) in [6.07, 6.45) is 0. The van der Waals surface area contributed by atoms with Crippen molar-refractivity contribution in [1.82, 2.24) is 15.5 Å². The zero-order valence-corrected chi connectivity index (χ0v) is 15.1. The summed E-state index contributed by atoms with van der Waals surface area (Å²) in [6.45, 7) is 8.01. The predicted octanol–water partition coefficient (Wildman–Crippen LogP) is 2.98. The van der Waals surface area contributed by atoms with E-state index in [1.54, 1.807) is 12.1 Å². The third-order valence-electron chi connectivity index (χ3n) is 3.26. The number of benzene rings is 1. The molecular weight excluding hydrogens is 326 g/mol. The van der Waals surface area contributed by atoms with E-state index in [1.807, 2.05) is 12.1 Å². The van der Waals surface area contributed by atoms with Crippen molar-refractivity contribution in [1.29, 1.82) is 0 Å². The largest absolute Gasteiger partial charge is 0.414 e. The Labute approximate surface area is 145 Å². The zero-order valence-electron chi connectivity index (χ0n) is 14.3. The van der Waals surface area contributed by atoms with Crippen molar-refractivity contribution >= 4 is 23.5 Å². The Kier molecular flexibility index (Phi) is 5.77. The zero-order chi connectivity index (χ0) is 17.7. The van der Waals surface area contributed by atoms with Crippen LogP contribution in [-0.4, -0.2) is 27.6 Å². The first-order chi connectivity index (χ1) is 11.3. The molecular formula is C17H21N3O3S. The van der Waals surface area contributed by atoms with E-state index in [9.17, 15) is 9.59 Å². The van der Waals surface area contributed by atoms with Gasteiger partial charge in [0, 0.05) is 5.56 Å². The molecule has 0 spiro atoms. The van der Waals surface area contributed by atoms with E-state index in [0.717, 1.165) is 0 Å². The van der Waals surface area contributed by atoms with E-state index in [1.165, 1.54) is 24.2 Å². The van der Waals surface area contributed by atoms with Gasteiger partial charge >= 0.3 is 0 Å². The fourth-order valence-corrected chi connectivity index (χ4v) is 2.49. The van der Waals surface area contributed by atoms with Crippen molar-refractivity contribution in [3.05, 3.63) is 41.3 Å². The number of aromatic nitrogens is 2. The highest BCUT2D eigenvalue weighted by Gasteiger charge is 2.15. The normalized spacial score (nSPS) is 11.3. The maximum atomic E-state index is 12.1. The molecule has 128 valence electrons.